The first-order valence-electron chi connectivity index (χ1n) is 9.20. The van der Waals surface area contributed by atoms with Crippen LogP contribution in [0.5, 0.6) is 5.75 Å². The number of likely N-dealkylation sites (tertiary alicyclic amines) is 1. The third-order valence-corrected chi connectivity index (χ3v) is 5.31. The van der Waals surface area contributed by atoms with Gasteiger partial charge in [0, 0.05) is 37.1 Å². The van der Waals surface area contributed by atoms with Crippen LogP contribution >= 0.6 is 12.4 Å². The van der Waals surface area contributed by atoms with Gasteiger partial charge in [0.2, 0.25) is 0 Å². The highest BCUT2D eigenvalue weighted by Crippen LogP contribution is 2.27. The smallest absolute Gasteiger partial charge is 0.251 e. The number of aromatic nitrogens is 1. The first-order valence-corrected chi connectivity index (χ1v) is 9.20. The number of fused-ring (bicyclic) bond motifs is 1. The number of halogens is 1. The highest BCUT2D eigenvalue weighted by Gasteiger charge is 2.22. The maximum Gasteiger partial charge on any atom is 0.251 e. The van der Waals surface area contributed by atoms with Crippen molar-refractivity contribution in [2.24, 2.45) is 0 Å². The van der Waals surface area contributed by atoms with E-state index < -0.39 is 0 Å². The molecule has 142 valence electrons. The Morgan fingerprint density at radius 3 is 2.44 bits per heavy atom. The van der Waals surface area contributed by atoms with Crippen LogP contribution in [-0.2, 0) is 6.54 Å². The third kappa shape index (κ3) is 4.18. The van der Waals surface area contributed by atoms with E-state index in [0.29, 0.717) is 0 Å². The van der Waals surface area contributed by atoms with Crippen molar-refractivity contribution in [3.8, 4) is 5.75 Å². The molecule has 0 saturated carbocycles. The SMILES string of the molecule is COc1ccc2c(ccc(=O)n2C2CCN(Cc3ccccc3)CC2)c1.Cl. The zero-order valence-corrected chi connectivity index (χ0v) is 16.3. The number of pyridine rings is 1. The number of hydrogen-bond acceptors (Lipinski definition) is 3. The Balaban J connectivity index is 0.00000210. The van der Waals surface area contributed by atoms with Crippen molar-refractivity contribution in [1.82, 2.24) is 9.47 Å². The predicted molar refractivity (Wildman–Crippen MR) is 112 cm³/mol. The van der Waals surface area contributed by atoms with E-state index in [-0.39, 0.29) is 24.0 Å². The van der Waals surface area contributed by atoms with E-state index >= 15 is 0 Å². The number of ether oxygens (including phenoxy) is 1. The lowest BCUT2D eigenvalue weighted by Crippen LogP contribution is -2.37. The highest BCUT2D eigenvalue weighted by molar-refractivity contribution is 5.85. The molecule has 27 heavy (non-hydrogen) atoms. The van der Waals surface area contributed by atoms with Gasteiger partial charge in [0.1, 0.15) is 5.75 Å². The maximum atomic E-state index is 12.6. The van der Waals surface area contributed by atoms with Crippen molar-refractivity contribution < 1.29 is 4.74 Å². The summed E-state index contributed by atoms with van der Waals surface area (Å²) in [6.45, 7) is 3.01. The number of piperidine rings is 1. The van der Waals surface area contributed by atoms with E-state index in [9.17, 15) is 4.79 Å². The molecule has 1 aromatic heterocycles. The molecule has 4 nitrogen and oxygen atoms in total. The van der Waals surface area contributed by atoms with Gasteiger partial charge in [-0.2, -0.15) is 0 Å². The van der Waals surface area contributed by atoms with Gasteiger partial charge < -0.3 is 9.30 Å². The highest BCUT2D eigenvalue weighted by atomic mass is 35.5. The number of nitrogens with zero attached hydrogens (tertiary/aromatic N) is 2. The van der Waals surface area contributed by atoms with E-state index in [1.807, 2.05) is 28.8 Å². The topological polar surface area (TPSA) is 34.5 Å². The monoisotopic (exact) mass is 384 g/mol. The summed E-state index contributed by atoms with van der Waals surface area (Å²) in [6.07, 6.45) is 2.00. The third-order valence-electron chi connectivity index (χ3n) is 5.31. The summed E-state index contributed by atoms with van der Waals surface area (Å²) in [5, 5.41) is 1.05. The number of benzene rings is 2. The van der Waals surface area contributed by atoms with E-state index in [4.69, 9.17) is 4.74 Å². The standard InChI is InChI=1S/C22H24N2O2.ClH/c1-26-20-8-9-21-18(15-20)7-10-22(25)24(21)19-11-13-23(14-12-19)16-17-5-3-2-4-6-17;/h2-10,15,19H,11-14,16H2,1H3;1H. The molecule has 1 aliphatic heterocycles. The maximum absolute atomic E-state index is 12.6. The molecule has 4 rings (SSSR count). The predicted octanol–water partition coefficient (Wildman–Crippen LogP) is 4.27. The summed E-state index contributed by atoms with van der Waals surface area (Å²) in [5.74, 6) is 0.820. The molecule has 1 aliphatic rings. The van der Waals surface area contributed by atoms with Crippen LogP contribution in [0.15, 0.2) is 65.5 Å². The van der Waals surface area contributed by atoms with Crippen molar-refractivity contribution in [3.05, 3.63) is 76.6 Å². The Kier molecular flexibility index (Phi) is 6.19. The van der Waals surface area contributed by atoms with Gasteiger partial charge in [-0.05, 0) is 42.7 Å². The quantitative estimate of drug-likeness (QED) is 0.673. The van der Waals surface area contributed by atoms with E-state index in [1.54, 1.807) is 13.2 Å². The second-order valence-corrected chi connectivity index (χ2v) is 6.96. The molecule has 0 aliphatic carbocycles. The van der Waals surface area contributed by atoms with Crippen LogP contribution in [-0.4, -0.2) is 29.7 Å². The zero-order valence-electron chi connectivity index (χ0n) is 15.5. The Bertz CT molecular complexity index is 947. The van der Waals surface area contributed by atoms with Gasteiger partial charge in [-0.15, -0.1) is 12.4 Å². The summed E-state index contributed by atoms with van der Waals surface area (Å²) < 4.78 is 7.30. The van der Waals surface area contributed by atoms with Crippen molar-refractivity contribution in [1.29, 1.82) is 0 Å². The molecule has 3 aromatic rings. The van der Waals surface area contributed by atoms with Crippen molar-refractivity contribution in [2.45, 2.75) is 25.4 Å². The minimum Gasteiger partial charge on any atom is -0.497 e. The summed E-state index contributed by atoms with van der Waals surface area (Å²) in [4.78, 5) is 15.1. The Morgan fingerprint density at radius 2 is 1.74 bits per heavy atom. The van der Waals surface area contributed by atoms with E-state index in [2.05, 4.69) is 35.2 Å². The molecule has 2 heterocycles. The number of hydrogen-bond donors (Lipinski definition) is 0. The molecule has 0 bridgehead atoms. The van der Waals surface area contributed by atoms with E-state index in [0.717, 1.165) is 49.1 Å². The fourth-order valence-electron chi connectivity index (χ4n) is 3.93. The summed E-state index contributed by atoms with van der Waals surface area (Å²) in [7, 11) is 1.67. The van der Waals surface area contributed by atoms with Crippen molar-refractivity contribution >= 4 is 23.3 Å². The second-order valence-electron chi connectivity index (χ2n) is 6.96. The van der Waals surface area contributed by atoms with Gasteiger partial charge >= 0.3 is 0 Å². The molecule has 0 atom stereocenters. The molecular formula is C22H25ClN2O2. The molecule has 0 radical (unpaired) electrons. The molecular weight excluding hydrogens is 360 g/mol. The lowest BCUT2D eigenvalue weighted by Gasteiger charge is -2.33. The number of methoxy groups -OCH3 is 1. The lowest BCUT2D eigenvalue weighted by atomic mass is 10.0. The van der Waals surface area contributed by atoms with Crippen LogP contribution in [0.4, 0.5) is 0 Å². The minimum atomic E-state index is 0. The Labute approximate surface area is 165 Å². The molecule has 0 unspecified atom stereocenters. The van der Waals surface area contributed by atoms with Gasteiger partial charge in [-0.1, -0.05) is 30.3 Å². The van der Waals surface area contributed by atoms with Gasteiger partial charge in [0.25, 0.3) is 5.56 Å². The number of rotatable bonds is 4. The van der Waals surface area contributed by atoms with Gasteiger partial charge in [-0.25, -0.2) is 0 Å². The molecule has 1 fully saturated rings. The average molecular weight is 385 g/mol. The fraction of sp³-hybridized carbons (Fsp3) is 0.318. The summed E-state index contributed by atoms with van der Waals surface area (Å²) in [5.41, 5.74) is 2.43. The average Bonchev–Trinajstić information content (AvgIpc) is 2.69. The van der Waals surface area contributed by atoms with Gasteiger partial charge in [0.05, 0.1) is 12.6 Å². The molecule has 0 spiro atoms. The van der Waals surface area contributed by atoms with Crippen LogP contribution in [0.25, 0.3) is 10.9 Å². The molecule has 0 N–H and O–H groups in total. The zero-order chi connectivity index (χ0) is 17.9. The van der Waals surface area contributed by atoms with Gasteiger partial charge in [0.15, 0.2) is 0 Å². The lowest BCUT2D eigenvalue weighted by molar-refractivity contribution is 0.180. The first kappa shape index (κ1) is 19.5. The Morgan fingerprint density at radius 1 is 1.00 bits per heavy atom. The van der Waals surface area contributed by atoms with Crippen molar-refractivity contribution in [3.63, 3.8) is 0 Å². The van der Waals surface area contributed by atoms with Crippen LogP contribution in [0.3, 0.4) is 0 Å². The molecule has 1 saturated heterocycles. The minimum absolute atomic E-state index is 0. The van der Waals surface area contributed by atoms with Crippen molar-refractivity contribution in [2.75, 3.05) is 20.2 Å². The van der Waals surface area contributed by atoms with Gasteiger partial charge in [-0.3, -0.25) is 9.69 Å². The normalized spacial score (nSPS) is 15.4. The van der Waals surface area contributed by atoms with Crippen LogP contribution in [0, 0.1) is 0 Å². The second kappa shape index (κ2) is 8.59. The van der Waals surface area contributed by atoms with Crippen LogP contribution in [0.2, 0.25) is 0 Å². The van der Waals surface area contributed by atoms with Crippen LogP contribution < -0.4 is 10.3 Å². The molecule has 0 amide bonds. The fourth-order valence-corrected chi connectivity index (χ4v) is 3.93. The Hall–Kier alpha value is -2.30. The molecule has 2 aromatic carbocycles. The largest absolute Gasteiger partial charge is 0.497 e. The van der Waals surface area contributed by atoms with Crippen LogP contribution in [0.1, 0.15) is 24.4 Å². The first-order chi connectivity index (χ1) is 12.7. The van der Waals surface area contributed by atoms with E-state index in [1.165, 1.54) is 5.56 Å². The summed E-state index contributed by atoms with van der Waals surface area (Å²) in [6, 6.07) is 20.3. The summed E-state index contributed by atoms with van der Waals surface area (Å²) >= 11 is 0. The molecule has 5 heteroatoms.